The van der Waals surface area contributed by atoms with E-state index in [1.165, 1.54) is 0 Å². The van der Waals surface area contributed by atoms with Crippen molar-refractivity contribution in [2.45, 2.75) is 38.6 Å². The molecule has 2 aliphatic rings. The highest BCUT2D eigenvalue weighted by Gasteiger charge is 2.32. The number of hydrogen-bond acceptors (Lipinski definition) is 5. The van der Waals surface area contributed by atoms with Crippen molar-refractivity contribution < 1.29 is 9.32 Å². The molecule has 1 atom stereocenters. The lowest BCUT2D eigenvalue weighted by atomic mass is 10.0. The fourth-order valence-corrected chi connectivity index (χ4v) is 3.47. The molecule has 2 aromatic rings. The standard InChI is InChI=1S/C17H22N4O2/c1-10-9-20(3)6-7-21(10)17(22)13-8-14(12-4-5-12)18-16-15(13)11(2)19-23-16/h8,10,12H,4-7,9H2,1-3H3/t10-/m1/s1. The highest BCUT2D eigenvalue weighted by molar-refractivity contribution is 6.06. The Balaban J connectivity index is 1.77. The minimum Gasteiger partial charge on any atom is -0.336 e. The summed E-state index contributed by atoms with van der Waals surface area (Å²) in [6.45, 7) is 6.53. The third kappa shape index (κ3) is 2.51. The molecule has 122 valence electrons. The van der Waals surface area contributed by atoms with Gasteiger partial charge in [-0.25, -0.2) is 4.98 Å². The van der Waals surface area contributed by atoms with Crippen molar-refractivity contribution in [2.24, 2.45) is 0 Å². The number of pyridine rings is 1. The first kappa shape index (κ1) is 14.6. The van der Waals surface area contributed by atoms with Crippen LogP contribution in [0.2, 0.25) is 0 Å². The fourth-order valence-electron chi connectivity index (χ4n) is 3.47. The van der Waals surface area contributed by atoms with Crippen molar-refractivity contribution in [3.63, 3.8) is 0 Å². The summed E-state index contributed by atoms with van der Waals surface area (Å²) in [4.78, 5) is 22.0. The summed E-state index contributed by atoms with van der Waals surface area (Å²) in [6, 6.07) is 2.17. The van der Waals surface area contributed by atoms with Crippen LogP contribution in [0.25, 0.3) is 11.1 Å². The van der Waals surface area contributed by atoms with Gasteiger partial charge < -0.3 is 14.3 Å². The molecule has 4 rings (SSSR count). The van der Waals surface area contributed by atoms with Crippen LogP contribution in [-0.2, 0) is 0 Å². The number of carbonyl (C=O) groups is 1. The molecule has 2 aromatic heterocycles. The zero-order valence-corrected chi connectivity index (χ0v) is 13.9. The summed E-state index contributed by atoms with van der Waals surface area (Å²) in [5.74, 6) is 0.549. The number of aromatic nitrogens is 2. The Morgan fingerprint density at radius 2 is 2.13 bits per heavy atom. The minimum atomic E-state index is 0.0752. The molecule has 6 nitrogen and oxygen atoms in total. The molecule has 6 heteroatoms. The van der Waals surface area contributed by atoms with Gasteiger partial charge in [0.25, 0.3) is 11.6 Å². The second-order valence-corrected chi connectivity index (χ2v) is 6.93. The van der Waals surface area contributed by atoms with E-state index in [9.17, 15) is 4.79 Å². The summed E-state index contributed by atoms with van der Waals surface area (Å²) < 4.78 is 5.35. The van der Waals surface area contributed by atoms with Gasteiger partial charge in [-0.15, -0.1) is 0 Å². The maximum atomic E-state index is 13.2. The zero-order valence-electron chi connectivity index (χ0n) is 13.9. The molecule has 23 heavy (non-hydrogen) atoms. The van der Waals surface area contributed by atoms with E-state index in [-0.39, 0.29) is 11.9 Å². The Kier molecular flexibility index (Phi) is 3.37. The second-order valence-electron chi connectivity index (χ2n) is 6.93. The Hall–Kier alpha value is -1.95. The van der Waals surface area contributed by atoms with Crippen LogP contribution in [0.3, 0.4) is 0 Å². The Morgan fingerprint density at radius 1 is 1.35 bits per heavy atom. The molecule has 0 N–H and O–H groups in total. The predicted octanol–water partition coefficient (Wildman–Crippen LogP) is 2.18. The van der Waals surface area contributed by atoms with E-state index in [1.807, 2.05) is 17.9 Å². The number of hydrogen-bond donors (Lipinski definition) is 0. The third-order valence-corrected chi connectivity index (χ3v) is 4.95. The molecule has 1 saturated carbocycles. The van der Waals surface area contributed by atoms with E-state index in [0.717, 1.165) is 49.2 Å². The van der Waals surface area contributed by atoms with Crippen LogP contribution in [-0.4, -0.2) is 58.6 Å². The summed E-state index contributed by atoms with van der Waals surface area (Å²) >= 11 is 0. The lowest BCUT2D eigenvalue weighted by molar-refractivity contribution is 0.0535. The van der Waals surface area contributed by atoms with Crippen LogP contribution in [0.4, 0.5) is 0 Å². The number of carbonyl (C=O) groups excluding carboxylic acids is 1. The predicted molar refractivity (Wildman–Crippen MR) is 86.5 cm³/mol. The molecule has 0 unspecified atom stereocenters. The van der Waals surface area contributed by atoms with Crippen LogP contribution in [0.15, 0.2) is 10.6 Å². The summed E-state index contributed by atoms with van der Waals surface area (Å²) in [7, 11) is 2.10. The van der Waals surface area contributed by atoms with Gasteiger partial charge in [0, 0.05) is 37.3 Å². The van der Waals surface area contributed by atoms with Crippen LogP contribution < -0.4 is 0 Å². The Bertz CT molecular complexity index is 765. The van der Waals surface area contributed by atoms with Gasteiger partial charge in [-0.05, 0) is 39.8 Å². The van der Waals surface area contributed by atoms with E-state index in [4.69, 9.17) is 4.52 Å². The van der Waals surface area contributed by atoms with E-state index >= 15 is 0 Å². The van der Waals surface area contributed by atoms with Crippen molar-refractivity contribution in [3.05, 3.63) is 23.0 Å². The maximum absolute atomic E-state index is 13.2. The van der Waals surface area contributed by atoms with Crippen LogP contribution in [0.5, 0.6) is 0 Å². The third-order valence-electron chi connectivity index (χ3n) is 4.95. The molecule has 0 bridgehead atoms. The normalized spacial score (nSPS) is 22.7. The van der Waals surface area contributed by atoms with Gasteiger partial charge in [-0.1, -0.05) is 5.16 Å². The summed E-state index contributed by atoms with van der Waals surface area (Å²) in [6.07, 6.45) is 2.29. The first-order valence-electron chi connectivity index (χ1n) is 8.31. The van der Waals surface area contributed by atoms with E-state index in [0.29, 0.717) is 17.2 Å². The van der Waals surface area contributed by atoms with Gasteiger partial charge in [0.05, 0.1) is 16.6 Å². The lowest BCUT2D eigenvalue weighted by Gasteiger charge is -2.38. The molecule has 1 aliphatic carbocycles. The molecule has 1 amide bonds. The average molecular weight is 314 g/mol. The van der Waals surface area contributed by atoms with Crippen LogP contribution in [0.1, 0.15) is 47.4 Å². The highest BCUT2D eigenvalue weighted by atomic mass is 16.5. The van der Waals surface area contributed by atoms with Crippen molar-refractivity contribution in [1.82, 2.24) is 19.9 Å². The number of likely N-dealkylation sites (N-methyl/N-ethyl adjacent to an activating group) is 1. The Labute approximate surface area is 135 Å². The molecule has 0 aromatic carbocycles. The summed E-state index contributed by atoms with van der Waals surface area (Å²) in [5, 5.41) is 4.79. The zero-order chi connectivity index (χ0) is 16.1. The topological polar surface area (TPSA) is 62.5 Å². The maximum Gasteiger partial charge on any atom is 0.259 e. The van der Waals surface area contributed by atoms with E-state index < -0.39 is 0 Å². The number of piperazine rings is 1. The van der Waals surface area contributed by atoms with Gasteiger partial charge >= 0.3 is 0 Å². The molecule has 1 aliphatic heterocycles. The number of amides is 1. The van der Waals surface area contributed by atoms with Gasteiger partial charge in [-0.2, -0.15) is 0 Å². The molecule has 3 heterocycles. The average Bonchev–Trinajstić information content (AvgIpc) is 3.30. The van der Waals surface area contributed by atoms with Crippen molar-refractivity contribution in [2.75, 3.05) is 26.7 Å². The molecule has 0 spiro atoms. The number of aryl methyl sites for hydroxylation is 1. The highest BCUT2D eigenvalue weighted by Crippen LogP contribution is 2.40. The quantitative estimate of drug-likeness (QED) is 0.850. The SMILES string of the molecule is Cc1noc2nc(C3CC3)cc(C(=O)N3CCN(C)C[C@H]3C)c12. The first-order valence-corrected chi connectivity index (χ1v) is 8.31. The molecule has 1 saturated heterocycles. The lowest BCUT2D eigenvalue weighted by Crippen LogP contribution is -2.52. The smallest absolute Gasteiger partial charge is 0.259 e. The number of rotatable bonds is 2. The fraction of sp³-hybridized carbons (Fsp3) is 0.588. The van der Waals surface area contributed by atoms with Crippen molar-refractivity contribution in [3.8, 4) is 0 Å². The van der Waals surface area contributed by atoms with Gasteiger partial charge in [-0.3, -0.25) is 4.79 Å². The first-order chi connectivity index (χ1) is 11.0. The molecular formula is C17H22N4O2. The largest absolute Gasteiger partial charge is 0.336 e. The molecule has 0 radical (unpaired) electrons. The van der Waals surface area contributed by atoms with E-state index in [2.05, 4.69) is 29.0 Å². The van der Waals surface area contributed by atoms with Gasteiger partial charge in [0.2, 0.25) is 0 Å². The van der Waals surface area contributed by atoms with Crippen LogP contribution in [0, 0.1) is 6.92 Å². The van der Waals surface area contributed by atoms with Gasteiger partial charge in [0.1, 0.15) is 0 Å². The Morgan fingerprint density at radius 3 is 2.83 bits per heavy atom. The van der Waals surface area contributed by atoms with Gasteiger partial charge in [0.15, 0.2) is 0 Å². The monoisotopic (exact) mass is 314 g/mol. The second kappa shape index (κ2) is 5.30. The van der Waals surface area contributed by atoms with Crippen LogP contribution >= 0.6 is 0 Å². The minimum absolute atomic E-state index is 0.0752. The molecular weight excluding hydrogens is 292 g/mol. The van der Waals surface area contributed by atoms with E-state index in [1.54, 1.807) is 0 Å². The molecule has 2 fully saturated rings. The van der Waals surface area contributed by atoms with Crippen molar-refractivity contribution in [1.29, 1.82) is 0 Å². The number of fused-ring (bicyclic) bond motifs is 1. The number of nitrogens with zero attached hydrogens (tertiary/aromatic N) is 4. The van der Waals surface area contributed by atoms with Crippen molar-refractivity contribution >= 4 is 17.0 Å². The summed E-state index contributed by atoms with van der Waals surface area (Å²) in [5.41, 5.74) is 2.91.